The molecule has 1 fully saturated rings. The summed E-state index contributed by atoms with van der Waals surface area (Å²) < 4.78 is 0. The molecule has 1 aromatic carbocycles. The topological polar surface area (TPSA) is 57.3 Å². The van der Waals surface area contributed by atoms with E-state index < -0.39 is 0 Å². The molecule has 5 heteroatoms. The lowest BCUT2D eigenvalue weighted by atomic mass is 9.99. The number of rotatable bonds is 7. The minimum Gasteiger partial charge on any atom is -0.372 e. The van der Waals surface area contributed by atoms with Gasteiger partial charge in [0.1, 0.15) is 5.82 Å². The predicted octanol–water partition coefficient (Wildman–Crippen LogP) is 4.59. The molecule has 0 bridgehead atoms. The summed E-state index contributed by atoms with van der Waals surface area (Å²) >= 11 is 0. The van der Waals surface area contributed by atoms with Crippen molar-refractivity contribution < 1.29 is 4.79 Å². The van der Waals surface area contributed by atoms with E-state index >= 15 is 0 Å². The SMILES string of the molecule is CCCCNC(=O)c1ccnc(Nc2ccc(N3CCC(C)CC3)cc2)c1. The summed E-state index contributed by atoms with van der Waals surface area (Å²) in [4.78, 5) is 19.0. The van der Waals surface area contributed by atoms with Gasteiger partial charge < -0.3 is 15.5 Å². The molecule has 0 aliphatic carbocycles. The first-order chi connectivity index (χ1) is 13.2. The Hall–Kier alpha value is -2.56. The van der Waals surface area contributed by atoms with Crippen molar-refractivity contribution in [2.75, 3.05) is 29.9 Å². The summed E-state index contributed by atoms with van der Waals surface area (Å²) in [6.07, 6.45) is 6.24. The zero-order chi connectivity index (χ0) is 19.1. The van der Waals surface area contributed by atoms with Crippen LogP contribution in [0.1, 0.15) is 49.9 Å². The maximum Gasteiger partial charge on any atom is 0.251 e. The molecule has 0 saturated carbocycles. The average Bonchev–Trinajstić information content (AvgIpc) is 2.70. The minimum absolute atomic E-state index is 0.0522. The number of carbonyl (C=O) groups is 1. The highest BCUT2D eigenvalue weighted by Crippen LogP contribution is 2.25. The van der Waals surface area contributed by atoms with Gasteiger partial charge in [-0.05, 0) is 61.6 Å². The number of nitrogens with zero attached hydrogens (tertiary/aromatic N) is 2. The van der Waals surface area contributed by atoms with Crippen LogP contribution in [0.15, 0.2) is 42.6 Å². The quantitative estimate of drug-likeness (QED) is 0.704. The molecule has 2 N–H and O–H groups in total. The monoisotopic (exact) mass is 366 g/mol. The van der Waals surface area contributed by atoms with Crippen molar-refractivity contribution in [1.29, 1.82) is 0 Å². The number of benzene rings is 1. The second-order valence-corrected chi connectivity index (χ2v) is 7.38. The Bertz CT molecular complexity index is 736. The van der Waals surface area contributed by atoms with Crippen LogP contribution in [-0.2, 0) is 0 Å². The average molecular weight is 367 g/mol. The lowest BCUT2D eigenvalue weighted by molar-refractivity contribution is 0.0953. The van der Waals surface area contributed by atoms with Crippen LogP contribution < -0.4 is 15.5 Å². The highest BCUT2D eigenvalue weighted by atomic mass is 16.1. The van der Waals surface area contributed by atoms with E-state index in [1.165, 1.54) is 18.5 Å². The van der Waals surface area contributed by atoms with Gasteiger partial charge in [-0.25, -0.2) is 4.98 Å². The first-order valence-electron chi connectivity index (χ1n) is 10.0. The highest BCUT2D eigenvalue weighted by Gasteiger charge is 2.15. The Kier molecular flexibility index (Phi) is 6.69. The number of hydrogen-bond donors (Lipinski definition) is 2. The lowest BCUT2D eigenvalue weighted by Crippen LogP contribution is -2.32. The van der Waals surface area contributed by atoms with E-state index in [-0.39, 0.29) is 5.91 Å². The molecule has 0 radical (unpaired) electrons. The van der Waals surface area contributed by atoms with Crippen LogP contribution in [0, 0.1) is 5.92 Å². The van der Waals surface area contributed by atoms with E-state index in [1.54, 1.807) is 18.3 Å². The van der Waals surface area contributed by atoms with Gasteiger partial charge in [0.05, 0.1) is 0 Å². The molecular formula is C22H30N4O. The maximum atomic E-state index is 12.2. The zero-order valence-corrected chi connectivity index (χ0v) is 16.4. The molecular weight excluding hydrogens is 336 g/mol. The Balaban J connectivity index is 1.60. The fourth-order valence-corrected chi connectivity index (χ4v) is 3.29. The van der Waals surface area contributed by atoms with Crippen molar-refractivity contribution in [2.45, 2.75) is 39.5 Å². The number of nitrogens with one attached hydrogen (secondary N) is 2. The molecule has 0 unspecified atom stereocenters. The van der Waals surface area contributed by atoms with E-state index in [1.807, 2.05) is 0 Å². The van der Waals surface area contributed by atoms with Crippen LogP contribution in [0.5, 0.6) is 0 Å². The first-order valence-corrected chi connectivity index (χ1v) is 10.0. The Labute approximate surface area is 162 Å². The number of piperidine rings is 1. The van der Waals surface area contributed by atoms with E-state index in [2.05, 4.69) is 58.6 Å². The van der Waals surface area contributed by atoms with E-state index in [0.717, 1.165) is 37.5 Å². The zero-order valence-electron chi connectivity index (χ0n) is 16.4. The summed E-state index contributed by atoms with van der Waals surface area (Å²) in [5, 5.41) is 6.23. The van der Waals surface area contributed by atoms with Crippen LogP contribution >= 0.6 is 0 Å². The normalized spacial score (nSPS) is 14.8. The van der Waals surface area contributed by atoms with Crippen LogP contribution in [0.2, 0.25) is 0 Å². The Morgan fingerprint density at radius 1 is 1.19 bits per heavy atom. The lowest BCUT2D eigenvalue weighted by Gasteiger charge is -2.32. The summed E-state index contributed by atoms with van der Waals surface area (Å²) in [5.41, 5.74) is 2.87. The predicted molar refractivity (Wildman–Crippen MR) is 112 cm³/mol. The van der Waals surface area contributed by atoms with Crippen molar-refractivity contribution in [2.24, 2.45) is 5.92 Å². The van der Waals surface area contributed by atoms with Gasteiger partial charge in [-0.2, -0.15) is 0 Å². The third-order valence-corrected chi connectivity index (χ3v) is 5.13. The molecule has 2 heterocycles. The number of pyridine rings is 1. The third-order valence-electron chi connectivity index (χ3n) is 5.13. The number of anilines is 3. The Morgan fingerprint density at radius 2 is 1.93 bits per heavy atom. The third kappa shape index (κ3) is 5.46. The van der Waals surface area contributed by atoms with E-state index in [9.17, 15) is 4.79 Å². The van der Waals surface area contributed by atoms with Gasteiger partial charge >= 0.3 is 0 Å². The van der Waals surface area contributed by atoms with Gasteiger partial charge in [0.25, 0.3) is 5.91 Å². The highest BCUT2D eigenvalue weighted by molar-refractivity contribution is 5.94. The van der Waals surface area contributed by atoms with Gasteiger partial charge in [0.2, 0.25) is 0 Å². The molecule has 0 spiro atoms. The van der Waals surface area contributed by atoms with Crippen LogP contribution in [0.3, 0.4) is 0 Å². The summed E-state index contributed by atoms with van der Waals surface area (Å²) in [7, 11) is 0. The van der Waals surface area contributed by atoms with Gasteiger partial charge in [0.15, 0.2) is 0 Å². The van der Waals surface area contributed by atoms with Gasteiger partial charge in [0, 0.05) is 42.8 Å². The second kappa shape index (κ2) is 9.40. The van der Waals surface area contributed by atoms with Crippen molar-refractivity contribution >= 4 is 23.1 Å². The smallest absolute Gasteiger partial charge is 0.251 e. The van der Waals surface area contributed by atoms with Gasteiger partial charge in [-0.15, -0.1) is 0 Å². The fraction of sp³-hybridized carbons (Fsp3) is 0.455. The van der Waals surface area contributed by atoms with Crippen molar-refractivity contribution in [3.8, 4) is 0 Å². The van der Waals surface area contributed by atoms with Crippen molar-refractivity contribution in [1.82, 2.24) is 10.3 Å². The van der Waals surface area contributed by atoms with Crippen LogP contribution in [0.25, 0.3) is 0 Å². The standard InChI is InChI=1S/C22H30N4O/c1-3-4-12-24-22(27)18-9-13-23-21(16-18)25-19-5-7-20(8-6-19)26-14-10-17(2)11-15-26/h5-9,13,16-17H,3-4,10-12,14-15H2,1-2H3,(H,23,25)(H,24,27). The first kappa shape index (κ1) is 19.2. The number of aromatic nitrogens is 1. The summed E-state index contributed by atoms with van der Waals surface area (Å²) in [5.74, 6) is 1.46. The summed E-state index contributed by atoms with van der Waals surface area (Å²) in [6.45, 7) is 7.40. The second-order valence-electron chi connectivity index (χ2n) is 7.38. The largest absolute Gasteiger partial charge is 0.372 e. The summed E-state index contributed by atoms with van der Waals surface area (Å²) in [6, 6.07) is 12.0. The number of hydrogen-bond acceptors (Lipinski definition) is 4. The molecule has 1 aliphatic rings. The molecule has 2 aromatic rings. The molecule has 27 heavy (non-hydrogen) atoms. The Morgan fingerprint density at radius 3 is 2.63 bits per heavy atom. The molecule has 144 valence electrons. The van der Waals surface area contributed by atoms with Gasteiger partial charge in [-0.3, -0.25) is 4.79 Å². The molecule has 1 amide bonds. The number of amides is 1. The molecule has 5 nitrogen and oxygen atoms in total. The molecule has 1 aromatic heterocycles. The van der Waals surface area contributed by atoms with Crippen molar-refractivity contribution in [3.05, 3.63) is 48.2 Å². The number of carbonyl (C=O) groups excluding carboxylic acids is 1. The maximum absolute atomic E-state index is 12.2. The molecule has 3 rings (SSSR count). The molecule has 1 aliphatic heterocycles. The fourth-order valence-electron chi connectivity index (χ4n) is 3.29. The van der Waals surface area contributed by atoms with Gasteiger partial charge in [-0.1, -0.05) is 20.3 Å². The van der Waals surface area contributed by atoms with Crippen LogP contribution in [0.4, 0.5) is 17.2 Å². The minimum atomic E-state index is -0.0522. The van der Waals surface area contributed by atoms with Crippen LogP contribution in [-0.4, -0.2) is 30.5 Å². The number of unbranched alkanes of at least 4 members (excludes halogenated alkanes) is 1. The van der Waals surface area contributed by atoms with Crippen molar-refractivity contribution in [3.63, 3.8) is 0 Å². The molecule has 1 saturated heterocycles. The molecule has 0 atom stereocenters. The van der Waals surface area contributed by atoms with E-state index in [4.69, 9.17) is 0 Å². The van der Waals surface area contributed by atoms with E-state index in [0.29, 0.717) is 17.9 Å².